The van der Waals surface area contributed by atoms with Crippen molar-refractivity contribution in [2.75, 3.05) is 19.1 Å². The summed E-state index contributed by atoms with van der Waals surface area (Å²) in [7, 11) is -8.98. The van der Waals surface area contributed by atoms with Crippen LogP contribution in [0.5, 0.6) is 0 Å². The largest absolute Gasteiger partial charge is 0.369 e. The molecule has 0 saturated carbocycles. The lowest BCUT2D eigenvalue weighted by Crippen LogP contribution is -2.35. The lowest BCUT2D eigenvalue weighted by Gasteiger charge is -2.21. The van der Waals surface area contributed by atoms with Crippen molar-refractivity contribution in [2.24, 2.45) is 5.73 Å². The van der Waals surface area contributed by atoms with Crippen LogP contribution in [0.3, 0.4) is 0 Å². The zero-order valence-corrected chi connectivity index (χ0v) is 9.34. The second-order valence-electron chi connectivity index (χ2n) is 2.91. The van der Waals surface area contributed by atoms with E-state index in [2.05, 4.69) is 0 Å². The SMILES string of the molecule is NC(=O)CN(CP(=O)(O)O)CP(=O)(O)O. The second kappa shape index (κ2) is 5.18. The third-order valence-electron chi connectivity index (χ3n) is 1.15. The van der Waals surface area contributed by atoms with E-state index in [-0.39, 0.29) is 0 Å². The van der Waals surface area contributed by atoms with Crippen LogP contribution in [0.1, 0.15) is 0 Å². The lowest BCUT2D eigenvalue weighted by molar-refractivity contribution is -0.118. The predicted octanol–water partition coefficient (Wildman–Crippen LogP) is -1.96. The molecular weight excluding hydrogens is 250 g/mol. The van der Waals surface area contributed by atoms with Crippen LogP contribution in [-0.4, -0.2) is 49.5 Å². The summed E-state index contributed by atoms with van der Waals surface area (Å²) in [5.41, 5.74) is 4.74. The molecular formula is C4H12N2O7P2. The molecule has 0 bridgehead atoms. The minimum Gasteiger partial charge on any atom is -0.369 e. The third-order valence-corrected chi connectivity index (χ3v) is 2.68. The van der Waals surface area contributed by atoms with Gasteiger partial charge in [-0.25, -0.2) is 0 Å². The van der Waals surface area contributed by atoms with Crippen LogP contribution < -0.4 is 5.73 Å². The molecule has 0 radical (unpaired) electrons. The summed E-state index contributed by atoms with van der Waals surface area (Å²) < 4.78 is 21.1. The van der Waals surface area contributed by atoms with Crippen LogP contribution in [0.15, 0.2) is 0 Å². The van der Waals surface area contributed by atoms with Crippen LogP contribution >= 0.6 is 15.2 Å². The fourth-order valence-electron chi connectivity index (χ4n) is 0.886. The van der Waals surface area contributed by atoms with Crippen molar-refractivity contribution >= 4 is 21.1 Å². The van der Waals surface area contributed by atoms with Gasteiger partial charge in [0.05, 0.1) is 6.54 Å². The molecule has 0 aromatic rings. The van der Waals surface area contributed by atoms with Crippen LogP contribution in [0.25, 0.3) is 0 Å². The van der Waals surface area contributed by atoms with E-state index in [4.69, 9.17) is 25.3 Å². The normalized spacial score (nSPS) is 13.1. The highest BCUT2D eigenvalue weighted by Crippen LogP contribution is 2.40. The summed E-state index contributed by atoms with van der Waals surface area (Å²) in [6.45, 7) is -0.629. The van der Waals surface area contributed by atoms with Crippen molar-refractivity contribution in [3.63, 3.8) is 0 Å². The molecule has 0 atom stereocenters. The highest BCUT2D eigenvalue weighted by atomic mass is 31.2. The fraction of sp³-hybridized carbons (Fsp3) is 0.750. The van der Waals surface area contributed by atoms with Gasteiger partial charge in [0.2, 0.25) is 5.91 Å². The minimum atomic E-state index is -4.49. The van der Waals surface area contributed by atoms with Gasteiger partial charge in [0.25, 0.3) is 0 Å². The lowest BCUT2D eigenvalue weighted by atomic mass is 10.6. The number of hydrogen-bond acceptors (Lipinski definition) is 4. The number of rotatable bonds is 6. The van der Waals surface area contributed by atoms with E-state index in [0.717, 1.165) is 0 Å². The molecule has 11 heteroatoms. The molecule has 0 aliphatic rings. The molecule has 90 valence electrons. The molecule has 15 heavy (non-hydrogen) atoms. The van der Waals surface area contributed by atoms with E-state index >= 15 is 0 Å². The maximum Gasteiger partial charge on any atom is 0.339 e. The van der Waals surface area contributed by atoms with Gasteiger partial charge < -0.3 is 25.3 Å². The summed E-state index contributed by atoms with van der Waals surface area (Å²) >= 11 is 0. The number of nitrogens with two attached hydrogens (primary N) is 1. The molecule has 0 rings (SSSR count). The van der Waals surface area contributed by atoms with E-state index in [1.807, 2.05) is 0 Å². The van der Waals surface area contributed by atoms with Crippen molar-refractivity contribution in [1.29, 1.82) is 0 Å². The number of carbonyl (C=O) groups excluding carboxylic acids is 1. The average molecular weight is 262 g/mol. The third kappa shape index (κ3) is 10.0. The van der Waals surface area contributed by atoms with Crippen molar-refractivity contribution in [3.8, 4) is 0 Å². The second-order valence-corrected chi connectivity index (χ2v) is 6.13. The Hall–Kier alpha value is -0.270. The maximum atomic E-state index is 10.6. The van der Waals surface area contributed by atoms with Gasteiger partial charge in [-0.3, -0.25) is 18.8 Å². The van der Waals surface area contributed by atoms with Crippen molar-refractivity contribution in [3.05, 3.63) is 0 Å². The first-order chi connectivity index (χ1) is 6.49. The quantitative estimate of drug-likeness (QED) is 0.345. The topological polar surface area (TPSA) is 161 Å². The summed E-state index contributed by atoms with van der Waals surface area (Å²) in [5.74, 6) is -0.933. The number of primary amides is 1. The Balaban J connectivity index is 4.53. The zero-order chi connectivity index (χ0) is 12.3. The summed E-state index contributed by atoms with van der Waals surface area (Å²) in [4.78, 5) is 45.3. The molecule has 0 saturated heterocycles. The highest BCUT2D eigenvalue weighted by Gasteiger charge is 2.26. The fourth-order valence-corrected chi connectivity index (χ4v) is 2.49. The van der Waals surface area contributed by atoms with Crippen molar-refractivity contribution < 1.29 is 33.5 Å². The molecule has 6 N–H and O–H groups in total. The van der Waals surface area contributed by atoms with Crippen LogP contribution in [-0.2, 0) is 13.9 Å². The van der Waals surface area contributed by atoms with Crippen LogP contribution in [0, 0.1) is 0 Å². The molecule has 0 spiro atoms. The minimum absolute atomic E-state index is 0.615. The molecule has 0 aromatic heterocycles. The molecule has 9 nitrogen and oxygen atoms in total. The van der Waals surface area contributed by atoms with Gasteiger partial charge in [-0.1, -0.05) is 0 Å². The van der Waals surface area contributed by atoms with Crippen LogP contribution in [0.4, 0.5) is 0 Å². The summed E-state index contributed by atoms with van der Waals surface area (Å²) in [6, 6.07) is 0. The Bertz CT molecular complexity index is 295. The molecule has 0 fully saturated rings. The Morgan fingerprint density at radius 1 is 1.07 bits per heavy atom. The van der Waals surface area contributed by atoms with Gasteiger partial charge in [-0.2, -0.15) is 0 Å². The molecule has 1 amide bonds. The van der Waals surface area contributed by atoms with Crippen molar-refractivity contribution in [2.45, 2.75) is 0 Å². The first kappa shape index (κ1) is 14.7. The Morgan fingerprint density at radius 2 is 1.40 bits per heavy atom. The summed E-state index contributed by atoms with van der Waals surface area (Å²) in [6.07, 6.45) is -1.86. The maximum absolute atomic E-state index is 10.6. The Labute approximate surface area is 85.2 Å². The number of amides is 1. The number of carbonyl (C=O) groups is 1. The standard InChI is InChI=1S/C4H12N2O7P2/c5-4(7)1-6(2-14(8,9)10)3-15(11,12)13/h1-3H2,(H2,5,7)(H2,8,9,10)(H2,11,12,13). The monoisotopic (exact) mass is 262 g/mol. The first-order valence-electron chi connectivity index (χ1n) is 3.59. The van der Waals surface area contributed by atoms with E-state index < -0.39 is 40.2 Å². The molecule has 0 heterocycles. The smallest absolute Gasteiger partial charge is 0.339 e. The molecule has 0 unspecified atom stereocenters. The average Bonchev–Trinajstić information content (AvgIpc) is 1.73. The van der Waals surface area contributed by atoms with Gasteiger partial charge in [0.15, 0.2) is 0 Å². The first-order valence-corrected chi connectivity index (χ1v) is 7.19. The summed E-state index contributed by atoms with van der Waals surface area (Å²) in [5, 5.41) is 0. The van der Waals surface area contributed by atoms with E-state index in [9.17, 15) is 13.9 Å². The van der Waals surface area contributed by atoms with E-state index in [1.165, 1.54) is 0 Å². The zero-order valence-electron chi connectivity index (χ0n) is 7.55. The molecule has 0 aliphatic heterocycles. The van der Waals surface area contributed by atoms with Gasteiger partial charge in [-0.05, 0) is 0 Å². The number of nitrogens with zero attached hydrogens (tertiary/aromatic N) is 1. The Morgan fingerprint density at radius 3 is 1.60 bits per heavy atom. The van der Waals surface area contributed by atoms with E-state index in [1.54, 1.807) is 0 Å². The number of hydrogen-bond donors (Lipinski definition) is 5. The van der Waals surface area contributed by atoms with Gasteiger partial charge >= 0.3 is 15.2 Å². The molecule has 0 aromatic carbocycles. The predicted molar refractivity (Wildman–Crippen MR) is 49.7 cm³/mol. The highest BCUT2D eigenvalue weighted by molar-refractivity contribution is 7.52. The Kier molecular flexibility index (Phi) is 5.08. The molecule has 0 aliphatic carbocycles. The van der Waals surface area contributed by atoms with Gasteiger partial charge in [0.1, 0.15) is 12.6 Å². The van der Waals surface area contributed by atoms with Crippen LogP contribution in [0.2, 0.25) is 0 Å². The van der Waals surface area contributed by atoms with E-state index in [0.29, 0.717) is 4.90 Å². The van der Waals surface area contributed by atoms with Gasteiger partial charge in [0, 0.05) is 0 Å². The van der Waals surface area contributed by atoms with Crippen molar-refractivity contribution in [1.82, 2.24) is 4.90 Å². The van der Waals surface area contributed by atoms with Gasteiger partial charge in [-0.15, -0.1) is 0 Å².